The molecule has 1 amide bonds. The van der Waals surface area contributed by atoms with Crippen molar-refractivity contribution in [3.05, 3.63) is 0 Å². The van der Waals surface area contributed by atoms with Crippen molar-refractivity contribution < 1.29 is 24.6 Å². The lowest BCUT2D eigenvalue weighted by molar-refractivity contribution is -0.142. The SMILES string of the molecule is O=C(O)[C@@H]1CC[C@H](NC(=O)[C@@H]2CC[C@H](C(=O)O)C2)C1. The maximum atomic E-state index is 12.0. The van der Waals surface area contributed by atoms with Gasteiger partial charge in [-0.05, 0) is 38.5 Å². The predicted octanol–water partition coefficient (Wildman–Crippen LogP) is 0.857. The van der Waals surface area contributed by atoms with Gasteiger partial charge in [0.05, 0.1) is 11.8 Å². The molecule has 106 valence electrons. The van der Waals surface area contributed by atoms with E-state index in [4.69, 9.17) is 10.2 Å². The first-order valence-corrected chi connectivity index (χ1v) is 6.73. The summed E-state index contributed by atoms with van der Waals surface area (Å²) in [5, 5.41) is 20.7. The Morgan fingerprint density at radius 3 is 1.84 bits per heavy atom. The van der Waals surface area contributed by atoms with E-state index in [0.29, 0.717) is 38.5 Å². The van der Waals surface area contributed by atoms with Gasteiger partial charge in [-0.1, -0.05) is 0 Å². The summed E-state index contributed by atoms with van der Waals surface area (Å²) in [5.74, 6) is -2.75. The highest BCUT2D eigenvalue weighted by molar-refractivity contribution is 5.81. The van der Waals surface area contributed by atoms with Crippen LogP contribution in [0.3, 0.4) is 0 Å². The molecule has 19 heavy (non-hydrogen) atoms. The molecule has 6 heteroatoms. The van der Waals surface area contributed by atoms with Gasteiger partial charge in [-0.3, -0.25) is 14.4 Å². The quantitative estimate of drug-likeness (QED) is 0.702. The summed E-state index contributed by atoms with van der Waals surface area (Å²) in [6.45, 7) is 0. The zero-order valence-electron chi connectivity index (χ0n) is 10.7. The molecule has 0 bridgehead atoms. The fraction of sp³-hybridized carbons (Fsp3) is 0.769. The van der Waals surface area contributed by atoms with Crippen molar-refractivity contribution in [3.8, 4) is 0 Å². The Morgan fingerprint density at radius 1 is 0.789 bits per heavy atom. The van der Waals surface area contributed by atoms with Crippen molar-refractivity contribution in [2.45, 2.75) is 44.6 Å². The van der Waals surface area contributed by atoms with E-state index >= 15 is 0 Å². The van der Waals surface area contributed by atoms with Crippen LogP contribution in [0.15, 0.2) is 0 Å². The maximum absolute atomic E-state index is 12.0. The first-order chi connectivity index (χ1) is 8.97. The van der Waals surface area contributed by atoms with Crippen molar-refractivity contribution >= 4 is 17.8 Å². The van der Waals surface area contributed by atoms with E-state index in [0.717, 1.165) is 0 Å². The van der Waals surface area contributed by atoms with Gasteiger partial charge in [0.15, 0.2) is 0 Å². The third kappa shape index (κ3) is 3.24. The fourth-order valence-electron chi connectivity index (χ4n) is 3.10. The average Bonchev–Trinajstić information content (AvgIpc) is 2.96. The lowest BCUT2D eigenvalue weighted by Gasteiger charge is -2.16. The molecule has 0 heterocycles. The first kappa shape index (κ1) is 13.8. The smallest absolute Gasteiger partial charge is 0.306 e. The van der Waals surface area contributed by atoms with E-state index in [2.05, 4.69) is 5.32 Å². The lowest BCUT2D eigenvalue weighted by atomic mass is 10.0. The number of hydrogen-bond acceptors (Lipinski definition) is 3. The van der Waals surface area contributed by atoms with E-state index in [9.17, 15) is 14.4 Å². The van der Waals surface area contributed by atoms with Crippen molar-refractivity contribution in [1.29, 1.82) is 0 Å². The van der Waals surface area contributed by atoms with Gasteiger partial charge < -0.3 is 15.5 Å². The normalized spacial score (nSPS) is 34.1. The van der Waals surface area contributed by atoms with E-state index < -0.39 is 17.9 Å². The van der Waals surface area contributed by atoms with E-state index in [1.54, 1.807) is 0 Å². The summed E-state index contributed by atoms with van der Waals surface area (Å²) >= 11 is 0. The van der Waals surface area contributed by atoms with Crippen molar-refractivity contribution in [3.63, 3.8) is 0 Å². The van der Waals surface area contributed by atoms with Gasteiger partial charge in [0.1, 0.15) is 0 Å². The van der Waals surface area contributed by atoms with Crippen LogP contribution in [0, 0.1) is 17.8 Å². The molecule has 0 aromatic heterocycles. The average molecular weight is 269 g/mol. The third-order valence-electron chi connectivity index (χ3n) is 4.28. The molecule has 2 rings (SSSR count). The maximum Gasteiger partial charge on any atom is 0.306 e. The first-order valence-electron chi connectivity index (χ1n) is 6.73. The van der Waals surface area contributed by atoms with Gasteiger partial charge >= 0.3 is 11.9 Å². The molecule has 3 N–H and O–H groups in total. The number of carbonyl (C=O) groups is 3. The minimum Gasteiger partial charge on any atom is -0.481 e. The Hall–Kier alpha value is -1.59. The van der Waals surface area contributed by atoms with Crippen LogP contribution in [0.2, 0.25) is 0 Å². The standard InChI is InChI=1S/C13H19NO5/c15-11(7-1-2-8(5-7)12(16)17)14-10-4-3-9(6-10)13(18)19/h7-10H,1-6H2,(H,14,15)(H,16,17)(H,18,19)/t7-,8+,9-,10+/m1/s1. The second-order valence-electron chi connectivity index (χ2n) is 5.60. The van der Waals surface area contributed by atoms with Crippen LogP contribution in [0.4, 0.5) is 0 Å². The highest BCUT2D eigenvalue weighted by Gasteiger charge is 2.36. The molecule has 2 saturated carbocycles. The molecular formula is C13H19NO5. The number of nitrogens with one attached hydrogen (secondary N) is 1. The topological polar surface area (TPSA) is 104 Å². The summed E-state index contributed by atoms with van der Waals surface area (Å²) in [6, 6.07) is -0.0718. The van der Waals surface area contributed by atoms with Gasteiger partial charge in [-0.25, -0.2) is 0 Å². The fourth-order valence-corrected chi connectivity index (χ4v) is 3.10. The molecule has 0 aliphatic heterocycles. The molecule has 0 aromatic carbocycles. The Morgan fingerprint density at radius 2 is 1.32 bits per heavy atom. The van der Waals surface area contributed by atoms with E-state index in [1.165, 1.54) is 0 Å². The Bertz CT molecular complexity index is 394. The molecule has 2 aliphatic carbocycles. The minimum absolute atomic E-state index is 0.0718. The third-order valence-corrected chi connectivity index (χ3v) is 4.28. The van der Waals surface area contributed by atoms with Crippen molar-refractivity contribution in [2.24, 2.45) is 17.8 Å². The molecule has 0 aromatic rings. The van der Waals surface area contributed by atoms with E-state index in [-0.39, 0.29) is 23.8 Å². The number of hydrogen-bond donors (Lipinski definition) is 3. The van der Waals surface area contributed by atoms with Crippen LogP contribution in [-0.4, -0.2) is 34.1 Å². The molecule has 6 nitrogen and oxygen atoms in total. The van der Waals surface area contributed by atoms with Gasteiger partial charge in [-0.15, -0.1) is 0 Å². The lowest BCUT2D eigenvalue weighted by Crippen LogP contribution is -2.37. The molecular weight excluding hydrogens is 250 g/mol. The number of aliphatic carboxylic acids is 2. The molecule has 4 atom stereocenters. The molecule has 0 spiro atoms. The van der Waals surface area contributed by atoms with Gasteiger partial charge in [0.2, 0.25) is 5.91 Å². The summed E-state index contributed by atoms with van der Waals surface area (Å²) in [7, 11) is 0. The predicted molar refractivity (Wildman–Crippen MR) is 65.4 cm³/mol. The summed E-state index contributed by atoms with van der Waals surface area (Å²) in [5.41, 5.74) is 0. The Kier molecular flexibility index (Phi) is 4.07. The molecule has 0 unspecified atom stereocenters. The van der Waals surface area contributed by atoms with Gasteiger partial charge in [-0.2, -0.15) is 0 Å². The molecule has 0 saturated heterocycles. The Balaban J connectivity index is 1.80. The molecule has 2 aliphatic rings. The summed E-state index contributed by atoms with van der Waals surface area (Å²) in [6.07, 6.45) is 3.33. The van der Waals surface area contributed by atoms with Crippen LogP contribution < -0.4 is 5.32 Å². The Labute approximate surface area is 111 Å². The van der Waals surface area contributed by atoms with Crippen LogP contribution >= 0.6 is 0 Å². The summed E-state index contributed by atoms with van der Waals surface area (Å²) < 4.78 is 0. The van der Waals surface area contributed by atoms with Crippen LogP contribution in [0.1, 0.15) is 38.5 Å². The number of carbonyl (C=O) groups excluding carboxylic acids is 1. The number of carboxylic acids is 2. The number of carboxylic acid groups (broad SMARTS) is 2. The van der Waals surface area contributed by atoms with E-state index in [1.807, 2.05) is 0 Å². The van der Waals surface area contributed by atoms with Crippen molar-refractivity contribution in [1.82, 2.24) is 5.32 Å². The largest absolute Gasteiger partial charge is 0.481 e. The van der Waals surface area contributed by atoms with Crippen LogP contribution in [-0.2, 0) is 14.4 Å². The highest BCUT2D eigenvalue weighted by Crippen LogP contribution is 2.32. The molecule has 0 radical (unpaired) electrons. The van der Waals surface area contributed by atoms with Crippen molar-refractivity contribution in [2.75, 3.05) is 0 Å². The van der Waals surface area contributed by atoms with Gasteiger partial charge in [0, 0.05) is 12.0 Å². The van der Waals surface area contributed by atoms with Gasteiger partial charge in [0.25, 0.3) is 0 Å². The number of rotatable bonds is 4. The zero-order valence-corrected chi connectivity index (χ0v) is 10.7. The van der Waals surface area contributed by atoms with Crippen LogP contribution in [0.5, 0.6) is 0 Å². The number of amides is 1. The highest BCUT2D eigenvalue weighted by atomic mass is 16.4. The minimum atomic E-state index is -0.831. The zero-order chi connectivity index (χ0) is 14.0. The van der Waals surface area contributed by atoms with Crippen LogP contribution in [0.25, 0.3) is 0 Å². The monoisotopic (exact) mass is 269 g/mol. The second-order valence-corrected chi connectivity index (χ2v) is 5.60. The molecule has 2 fully saturated rings. The second kappa shape index (κ2) is 5.59. The summed E-state index contributed by atoms with van der Waals surface area (Å²) in [4.78, 5) is 33.7.